The number of hydrogen-bond donors (Lipinski definition) is 2. The molecule has 0 spiro atoms. The molecule has 2 N–H and O–H groups in total. The fourth-order valence-electron chi connectivity index (χ4n) is 2.42. The van der Waals surface area contributed by atoms with Gasteiger partial charge in [-0.1, -0.05) is 6.07 Å². The first-order valence-electron chi connectivity index (χ1n) is 6.66. The summed E-state index contributed by atoms with van der Waals surface area (Å²) in [6, 6.07) is 5.93. The van der Waals surface area contributed by atoms with Gasteiger partial charge in [0.15, 0.2) is 12.0 Å². The van der Waals surface area contributed by atoms with Crippen LogP contribution in [0.1, 0.15) is 18.4 Å². The number of benzene rings is 1. The van der Waals surface area contributed by atoms with E-state index in [0.29, 0.717) is 6.54 Å². The van der Waals surface area contributed by atoms with Crippen LogP contribution in [0.15, 0.2) is 29.0 Å². The molecule has 0 saturated carbocycles. The highest BCUT2D eigenvalue weighted by Gasteiger charge is 2.21. The Balaban J connectivity index is 1.52. The van der Waals surface area contributed by atoms with Crippen molar-refractivity contribution in [3.8, 4) is 0 Å². The minimum absolute atomic E-state index is 0.00301. The number of amides is 1. The maximum absolute atomic E-state index is 11.8. The van der Waals surface area contributed by atoms with Crippen molar-refractivity contribution >= 4 is 17.0 Å². The Bertz CT molecular complexity index is 573. The van der Waals surface area contributed by atoms with Crippen molar-refractivity contribution in [2.75, 3.05) is 13.1 Å². The molecule has 1 unspecified atom stereocenters. The molecule has 19 heavy (non-hydrogen) atoms. The van der Waals surface area contributed by atoms with Crippen LogP contribution in [0.5, 0.6) is 0 Å². The summed E-state index contributed by atoms with van der Waals surface area (Å²) < 4.78 is 5.26. The highest BCUT2D eigenvalue weighted by molar-refractivity contribution is 5.82. The minimum atomic E-state index is -0.00301. The summed E-state index contributed by atoms with van der Waals surface area (Å²) in [5, 5.41) is 6.16. The van der Waals surface area contributed by atoms with E-state index in [-0.39, 0.29) is 11.9 Å². The first-order valence-corrected chi connectivity index (χ1v) is 6.66. The third kappa shape index (κ3) is 2.76. The molecule has 1 fully saturated rings. The second kappa shape index (κ2) is 5.40. The minimum Gasteiger partial charge on any atom is -0.443 e. The van der Waals surface area contributed by atoms with E-state index in [9.17, 15) is 4.79 Å². The zero-order chi connectivity index (χ0) is 13.1. The number of carbonyl (C=O) groups is 1. The highest BCUT2D eigenvalue weighted by atomic mass is 16.3. The molecule has 1 aromatic carbocycles. The number of aromatic nitrogens is 1. The lowest BCUT2D eigenvalue weighted by Crippen LogP contribution is -2.41. The van der Waals surface area contributed by atoms with Gasteiger partial charge >= 0.3 is 0 Å². The van der Waals surface area contributed by atoms with Gasteiger partial charge in [0.1, 0.15) is 5.52 Å². The van der Waals surface area contributed by atoms with Gasteiger partial charge in [0, 0.05) is 6.54 Å². The van der Waals surface area contributed by atoms with Crippen molar-refractivity contribution in [1.29, 1.82) is 0 Å². The molecule has 0 aliphatic carbocycles. The molecule has 5 heteroatoms. The molecule has 0 radical (unpaired) electrons. The maximum atomic E-state index is 11.8. The summed E-state index contributed by atoms with van der Waals surface area (Å²) >= 11 is 0. The maximum Gasteiger partial charge on any atom is 0.237 e. The average Bonchev–Trinajstić information content (AvgIpc) is 3.09. The molecule has 1 saturated heterocycles. The molecule has 100 valence electrons. The van der Waals surface area contributed by atoms with Crippen LogP contribution in [0.3, 0.4) is 0 Å². The Morgan fingerprint density at radius 1 is 1.53 bits per heavy atom. The van der Waals surface area contributed by atoms with Crippen molar-refractivity contribution < 1.29 is 9.21 Å². The van der Waals surface area contributed by atoms with Crippen LogP contribution in [0.2, 0.25) is 0 Å². The van der Waals surface area contributed by atoms with Crippen LogP contribution in [0.4, 0.5) is 0 Å². The van der Waals surface area contributed by atoms with Crippen LogP contribution < -0.4 is 10.6 Å². The van der Waals surface area contributed by atoms with E-state index in [2.05, 4.69) is 15.6 Å². The summed E-state index contributed by atoms with van der Waals surface area (Å²) in [5.74, 6) is 0.109. The molecule has 1 aliphatic heterocycles. The predicted molar refractivity (Wildman–Crippen MR) is 71.7 cm³/mol. The monoisotopic (exact) mass is 259 g/mol. The molecular weight excluding hydrogens is 242 g/mol. The van der Waals surface area contributed by atoms with E-state index in [4.69, 9.17) is 4.42 Å². The van der Waals surface area contributed by atoms with Gasteiger partial charge in [0.05, 0.1) is 6.04 Å². The molecule has 0 bridgehead atoms. The molecule has 2 heterocycles. The van der Waals surface area contributed by atoms with E-state index >= 15 is 0 Å². The quantitative estimate of drug-likeness (QED) is 0.867. The molecule has 1 atom stereocenters. The fraction of sp³-hybridized carbons (Fsp3) is 0.429. The van der Waals surface area contributed by atoms with Gasteiger partial charge in [-0.15, -0.1) is 0 Å². The molecule has 3 rings (SSSR count). The van der Waals surface area contributed by atoms with Crippen LogP contribution in [-0.2, 0) is 11.2 Å². The first kappa shape index (κ1) is 12.2. The van der Waals surface area contributed by atoms with E-state index in [0.717, 1.165) is 42.5 Å². The largest absolute Gasteiger partial charge is 0.443 e. The third-order valence-corrected chi connectivity index (χ3v) is 3.49. The Morgan fingerprint density at radius 3 is 3.32 bits per heavy atom. The molecular formula is C14H17N3O2. The molecule has 1 amide bonds. The van der Waals surface area contributed by atoms with Gasteiger partial charge < -0.3 is 15.1 Å². The molecule has 1 aliphatic rings. The van der Waals surface area contributed by atoms with Crippen molar-refractivity contribution in [1.82, 2.24) is 15.6 Å². The van der Waals surface area contributed by atoms with Crippen LogP contribution in [0.25, 0.3) is 11.1 Å². The van der Waals surface area contributed by atoms with Gasteiger partial charge in [-0.2, -0.15) is 0 Å². The number of carbonyl (C=O) groups excluding carboxylic acids is 1. The zero-order valence-electron chi connectivity index (χ0n) is 10.7. The fourth-order valence-corrected chi connectivity index (χ4v) is 2.42. The summed E-state index contributed by atoms with van der Waals surface area (Å²) in [5.41, 5.74) is 2.80. The van der Waals surface area contributed by atoms with E-state index in [1.54, 1.807) is 0 Å². The van der Waals surface area contributed by atoms with Gasteiger partial charge in [-0.05, 0) is 43.5 Å². The number of fused-ring (bicyclic) bond motifs is 1. The number of oxazole rings is 1. The zero-order valence-corrected chi connectivity index (χ0v) is 10.7. The summed E-state index contributed by atoms with van der Waals surface area (Å²) in [6.07, 6.45) is 4.27. The van der Waals surface area contributed by atoms with Crippen molar-refractivity contribution in [2.45, 2.75) is 25.3 Å². The smallest absolute Gasteiger partial charge is 0.237 e. The van der Waals surface area contributed by atoms with Crippen molar-refractivity contribution in [2.24, 2.45) is 0 Å². The van der Waals surface area contributed by atoms with Gasteiger partial charge in [0.2, 0.25) is 5.91 Å². The second-order valence-electron chi connectivity index (χ2n) is 4.84. The highest BCUT2D eigenvalue weighted by Crippen LogP contribution is 2.14. The van der Waals surface area contributed by atoms with E-state index in [1.807, 2.05) is 18.2 Å². The van der Waals surface area contributed by atoms with Gasteiger partial charge in [-0.3, -0.25) is 4.79 Å². The van der Waals surface area contributed by atoms with Crippen molar-refractivity contribution in [3.63, 3.8) is 0 Å². The van der Waals surface area contributed by atoms with E-state index in [1.165, 1.54) is 6.39 Å². The summed E-state index contributed by atoms with van der Waals surface area (Å²) in [6.45, 7) is 1.59. The van der Waals surface area contributed by atoms with Crippen LogP contribution in [-0.4, -0.2) is 30.0 Å². The Hall–Kier alpha value is -1.88. The Morgan fingerprint density at radius 2 is 2.47 bits per heavy atom. The number of nitrogens with one attached hydrogen (secondary N) is 2. The third-order valence-electron chi connectivity index (χ3n) is 3.49. The number of hydrogen-bond acceptors (Lipinski definition) is 4. The lowest BCUT2D eigenvalue weighted by molar-refractivity contribution is -0.122. The lowest BCUT2D eigenvalue weighted by Gasteiger charge is -2.10. The standard InChI is InChI=1S/C14H17N3O2/c18-14(12-2-1-6-15-12)16-7-5-10-3-4-11-13(8-10)19-9-17-11/h3-4,8-9,12,15H,1-2,5-7H2,(H,16,18). The van der Waals surface area contributed by atoms with Crippen LogP contribution >= 0.6 is 0 Å². The second-order valence-corrected chi connectivity index (χ2v) is 4.84. The molecule has 5 nitrogen and oxygen atoms in total. The number of rotatable bonds is 4. The predicted octanol–water partition coefficient (Wildman–Crippen LogP) is 1.24. The SMILES string of the molecule is O=C(NCCc1ccc2ncoc2c1)C1CCCN1. The average molecular weight is 259 g/mol. The van der Waals surface area contributed by atoms with Gasteiger partial charge in [0.25, 0.3) is 0 Å². The van der Waals surface area contributed by atoms with Gasteiger partial charge in [-0.25, -0.2) is 4.98 Å². The van der Waals surface area contributed by atoms with Crippen molar-refractivity contribution in [3.05, 3.63) is 30.2 Å². The molecule has 1 aromatic heterocycles. The summed E-state index contributed by atoms with van der Waals surface area (Å²) in [7, 11) is 0. The lowest BCUT2D eigenvalue weighted by atomic mass is 10.1. The molecule has 2 aromatic rings. The summed E-state index contributed by atoms with van der Waals surface area (Å²) in [4.78, 5) is 15.9. The normalized spacial score (nSPS) is 18.8. The number of nitrogens with zero attached hydrogens (tertiary/aromatic N) is 1. The van der Waals surface area contributed by atoms with Crippen LogP contribution in [0, 0.1) is 0 Å². The topological polar surface area (TPSA) is 67.2 Å². The first-order chi connectivity index (χ1) is 9.33. The Labute approximate surface area is 111 Å². The Kier molecular flexibility index (Phi) is 3.46. The van der Waals surface area contributed by atoms with E-state index < -0.39 is 0 Å².